The molecule has 0 spiro atoms. The van der Waals surface area contributed by atoms with E-state index in [4.69, 9.17) is 0 Å². The SMILES string of the molecule is CN1CCN(c2nc(C=Cc3cccc([N+](=O)[O-])c3)nc(Nc3ccc(NC(=O)Nc4ccc(F)cc4)cc3)n2)CC1. The standard InChI is InChI=1S/C29H28FN9O3/c1-37-15-17-38(18-16-37)28-35-26(14-5-20-3-2-4-25(19-20)39(41)42)34-27(36-28)31-22-10-12-24(13-11-22)33-29(40)32-23-8-6-21(30)7-9-23/h2-14,19H,15-18H2,1H3,(H2,32,33,40)(H,31,34,35,36). The van der Waals surface area contributed by atoms with Crippen molar-refractivity contribution < 1.29 is 14.1 Å². The molecule has 42 heavy (non-hydrogen) atoms. The zero-order chi connectivity index (χ0) is 29.5. The van der Waals surface area contributed by atoms with Gasteiger partial charge in [-0.25, -0.2) is 9.18 Å². The van der Waals surface area contributed by atoms with Gasteiger partial charge >= 0.3 is 6.03 Å². The predicted octanol–water partition coefficient (Wildman–Crippen LogP) is 5.23. The Morgan fingerprint density at radius 2 is 1.52 bits per heavy atom. The summed E-state index contributed by atoms with van der Waals surface area (Å²) in [7, 11) is 2.07. The van der Waals surface area contributed by atoms with Crippen molar-refractivity contribution in [3.8, 4) is 0 Å². The molecule has 0 unspecified atom stereocenters. The molecule has 0 bridgehead atoms. The van der Waals surface area contributed by atoms with E-state index in [0.29, 0.717) is 40.3 Å². The van der Waals surface area contributed by atoms with Gasteiger partial charge in [0.15, 0.2) is 5.82 Å². The Morgan fingerprint density at radius 3 is 2.19 bits per heavy atom. The zero-order valence-corrected chi connectivity index (χ0v) is 22.7. The van der Waals surface area contributed by atoms with Crippen molar-refractivity contribution in [2.75, 3.05) is 54.1 Å². The van der Waals surface area contributed by atoms with Gasteiger partial charge < -0.3 is 25.8 Å². The van der Waals surface area contributed by atoms with Gasteiger partial charge in [0.1, 0.15) is 5.82 Å². The number of anilines is 5. The van der Waals surface area contributed by atoms with Crippen LogP contribution in [0.3, 0.4) is 0 Å². The van der Waals surface area contributed by atoms with Crippen molar-refractivity contribution in [2.45, 2.75) is 0 Å². The summed E-state index contributed by atoms with van der Waals surface area (Å²) in [5.41, 5.74) is 2.35. The van der Waals surface area contributed by atoms with Gasteiger partial charge in [-0.3, -0.25) is 10.1 Å². The van der Waals surface area contributed by atoms with Crippen molar-refractivity contribution in [3.05, 3.63) is 100 Å². The van der Waals surface area contributed by atoms with E-state index in [9.17, 15) is 19.3 Å². The molecule has 0 atom stereocenters. The maximum Gasteiger partial charge on any atom is 0.323 e. The molecule has 5 rings (SSSR count). The van der Waals surface area contributed by atoms with Crippen LogP contribution in [0, 0.1) is 15.9 Å². The highest BCUT2D eigenvalue weighted by molar-refractivity contribution is 5.99. The summed E-state index contributed by atoms with van der Waals surface area (Å²) >= 11 is 0. The minimum atomic E-state index is -0.461. The summed E-state index contributed by atoms with van der Waals surface area (Å²) in [6.45, 7) is 3.26. The second-order valence-electron chi connectivity index (χ2n) is 9.58. The van der Waals surface area contributed by atoms with Crippen LogP contribution in [-0.4, -0.2) is 64.0 Å². The molecule has 3 aromatic carbocycles. The molecule has 0 radical (unpaired) electrons. The smallest absolute Gasteiger partial charge is 0.323 e. The summed E-state index contributed by atoms with van der Waals surface area (Å²) in [5, 5.41) is 19.7. The maximum atomic E-state index is 13.1. The van der Waals surface area contributed by atoms with Crippen molar-refractivity contribution in [1.82, 2.24) is 19.9 Å². The largest absolute Gasteiger partial charge is 0.338 e. The average molecular weight is 570 g/mol. The number of rotatable bonds is 8. The van der Waals surface area contributed by atoms with Crippen molar-refractivity contribution >= 4 is 52.8 Å². The molecule has 3 N–H and O–H groups in total. The van der Waals surface area contributed by atoms with Crippen LogP contribution < -0.4 is 20.9 Å². The number of urea groups is 1. The number of aromatic nitrogens is 3. The number of nitro benzene ring substituents is 1. The molecule has 13 heteroatoms. The van der Waals surface area contributed by atoms with Crippen molar-refractivity contribution in [1.29, 1.82) is 0 Å². The van der Waals surface area contributed by atoms with E-state index in [2.05, 4.69) is 47.7 Å². The molecule has 214 valence electrons. The molecule has 0 saturated carbocycles. The van der Waals surface area contributed by atoms with Crippen LogP contribution in [0.2, 0.25) is 0 Å². The van der Waals surface area contributed by atoms with Gasteiger partial charge in [-0.15, -0.1) is 0 Å². The number of hydrogen-bond donors (Lipinski definition) is 3. The molecule has 12 nitrogen and oxygen atoms in total. The number of carbonyl (C=O) groups is 1. The number of nitrogens with one attached hydrogen (secondary N) is 3. The Kier molecular flexibility index (Phi) is 8.58. The minimum Gasteiger partial charge on any atom is -0.338 e. The van der Waals surface area contributed by atoms with Crippen LogP contribution in [-0.2, 0) is 0 Å². The third-order valence-electron chi connectivity index (χ3n) is 6.43. The first kappa shape index (κ1) is 28.1. The van der Waals surface area contributed by atoms with Gasteiger partial charge in [0.2, 0.25) is 11.9 Å². The lowest BCUT2D eigenvalue weighted by molar-refractivity contribution is -0.384. The minimum absolute atomic E-state index is 0.000786. The lowest BCUT2D eigenvalue weighted by Gasteiger charge is -2.32. The number of carbonyl (C=O) groups excluding carboxylic acids is 1. The maximum absolute atomic E-state index is 13.1. The van der Waals surface area contributed by atoms with Crippen LogP contribution in [0.25, 0.3) is 12.2 Å². The number of piperazine rings is 1. The lowest BCUT2D eigenvalue weighted by Crippen LogP contribution is -2.45. The topological polar surface area (TPSA) is 141 Å². The van der Waals surface area contributed by atoms with Gasteiger partial charge in [0.05, 0.1) is 4.92 Å². The number of hydrogen-bond acceptors (Lipinski definition) is 9. The Hall–Kier alpha value is -5.43. The zero-order valence-electron chi connectivity index (χ0n) is 22.7. The number of nitrogens with zero attached hydrogens (tertiary/aromatic N) is 6. The van der Waals surface area contributed by atoms with E-state index in [-0.39, 0.29) is 11.5 Å². The summed E-state index contributed by atoms with van der Waals surface area (Å²) in [6.07, 6.45) is 3.41. The van der Waals surface area contributed by atoms with E-state index in [0.717, 1.165) is 26.2 Å². The fourth-order valence-corrected chi connectivity index (χ4v) is 4.16. The third-order valence-corrected chi connectivity index (χ3v) is 6.43. The van der Waals surface area contributed by atoms with E-state index in [1.165, 1.54) is 36.4 Å². The number of benzene rings is 3. The summed E-state index contributed by atoms with van der Waals surface area (Å²) in [5.74, 6) is 0.856. The Bertz CT molecular complexity index is 1590. The number of likely N-dealkylation sites (N-methyl/N-ethyl adjacent to an activating group) is 1. The van der Waals surface area contributed by atoms with E-state index < -0.39 is 11.0 Å². The number of halogens is 1. The van der Waals surface area contributed by atoms with Crippen LogP contribution in [0.1, 0.15) is 11.4 Å². The molecule has 1 aromatic heterocycles. The van der Waals surface area contributed by atoms with Gasteiger partial charge in [0, 0.05) is 55.4 Å². The van der Waals surface area contributed by atoms with Gasteiger partial charge in [-0.05, 0) is 67.2 Å². The molecule has 2 amide bonds. The first-order valence-electron chi connectivity index (χ1n) is 13.1. The fourth-order valence-electron chi connectivity index (χ4n) is 4.16. The average Bonchev–Trinajstić information content (AvgIpc) is 2.99. The summed E-state index contributed by atoms with van der Waals surface area (Å²) < 4.78 is 13.1. The fraction of sp³-hybridized carbons (Fsp3) is 0.172. The van der Waals surface area contributed by atoms with Crippen LogP contribution in [0.15, 0.2) is 72.8 Å². The molecule has 0 aliphatic carbocycles. The number of amides is 2. The molecular weight excluding hydrogens is 541 g/mol. The highest BCUT2D eigenvalue weighted by Crippen LogP contribution is 2.21. The summed E-state index contributed by atoms with van der Waals surface area (Å²) in [6, 6.07) is 18.3. The molecule has 1 saturated heterocycles. The van der Waals surface area contributed by atoms with Crippen molar-refractivity contribution in [2.24, 2.45) is 0 Å². The summed E-state index contributed by atoms with van der Waals surface area (Å²) in [4.78, 5) is 41.1. The quantitative estimate of drug-likeness (QED) is 0.192. The van der Waals surface area contributed by atoms with Gasteiger partial charge in [-0.2, -0.15) is 15.0 Å². The van der Waals surface area contributed by atoms with Crippen molar-refractivity contribution in [3.63, 3.8) is 0 Å². The van der Waals surface area contributed by atoms with Crippen LogP contribution in [0.4, 0.5) is 43.8 Å². The van der Waals surface area contributed by atoms with Crippen LogP contribution >= 0.6 is 0 Å². The normalized spacial score (nSPS) is 13.6. The predicted molar refractivity (Wildman–Crippen MR) is 160 cm³/mol. The second-order valence-corrected chi connectivity index (χ2v) is 9.58. The molecular formula is C29H28FN9O3. The molecule has 1 aliphatic rings. The van der Waals surface area contributed by atoms with E-state index in [1.807, 2.05) is 0 Å². The number of nitro groups is 1. The monoisotopic (exact) mass is 569 g/mol. The first-order valence-corrected chi connectivity index (χ1v) is 13.1. The highest BCUT2D eigenvalue weighted by Gasteiger charge is 2.18. The van der Waals surface area contributed by atoms with Crippen LogP contribution in [0.5, 0.6) is 0 Å². The van der Waals surface area contributed by atoms with Gasteiger partial charge in [0.25, 0.3) is 5.69 Å². The molecule has 2 heterocycles. The molecule has 4 aromatic rings. The van der Waals surface area contributed by atoms with Gasteiger partial charge in [-0.1, -0.05) is 18.2 Å². The van der Waals surface area contributed by atoms with E-state index >= 15 is 0 Å². The highest BCUT2D eigenvalue weighted by atomic mass is 19.1. The molecule has 1 aliphatic heterocycles. The van der Waals surface area contributed by atoms with E-state index in [1.54, 1.807) is 48.6 Å². The Labute approximate surface area is 241 Å². The Balaban J connectivity index is 1.31. The number of non-ortho nitro benzene ring substituents is 1. The second kappa shape index (κ2) is 12.8. The first-order chi connectivity index (χ1) is 20.3. The third kappa shape index (κ3) is 7.61. The lowest BCUT2D eigenvalue weighted by atomic mass is 10.2. The Morgan fingerprint density at radius 1 is 0.881 bits per heavy atom. The molecule has 1 fully saturated rings.